The highest BCUT2D eigenvalue weighted by atomic mass is 32.2. The van der Waals surface area contributed by atoms with Crippen molar-refractivity contribution in [1.82, 2.24) is 0 Å². The Bertz CT molecular complexity index is 645. The van der Waals surface area contributed by atoms with E-state index in [-0.39, 0.29) is 11.5 Å². The maximum absolute atomic E-state index is 12.0. The van der Waals surface area contributed by atoms with Crippen LogP contribution in [0.1, 0.15) is 24.5 Å². The Labute approximate surface area is 127 Å². The van der Waals surface area contributed by atoms with Crippen molar-refractivity contribution in [2.75, 3.05) is 11.5 Å². The molecule has 2 aromatic carbocycles. The Hall–Kier alpha value is -1.87. The average Bonchev–Trinajstić information content (AvgIpc) is 2.49. The van der Waals surface area contributed by atoms with Crippen molar-refractivity contribution < 1.29 is 8.42 Å². The van der Waals surface area contributed by atoms with Gasteiger partial charge in [0, 0.05) is 0 Å². The third-order valence-electron chi connectivity index (χ3n) is 3.23. The predicted molar refractivity (Wildman–Crippen MR) is 88.9 cm³/mol. The highest BCUT2D eigenvalue weighted by Crippen LogP contribution is 2.23. The summed E-state index contributed by atoms with van der Waals surface area (Å²) in [6.07, 6.45) is 2.48. The van der Waals surface area contributed by atoms with Gasteiger partial charge in [0.1, 0.15) is 0 Å². The smallest absolute Gasteiger partial charge is 0.153 e. The van der Waals surface area contributed by atoms with Gasteiger partial charge < -0.3 is 0 Å². The highest BCUT2D eigenvalue weighted by molar-refractivity contribution is 7.91. The van der Waals surface area contributed by atoms with Crippen molar-refractivity contribution in [3.8, 4) is 0 Å². The van der Waals surface area contributed by atoms with Gasteiger partial charge in [0.2, 0.25) is 0 Å². The zero-order valence-corrected chi connectivity index (χ0v) is 13.0. The summed E-state index contributed by atoms with van der Waals surface area (Å²) in [6, 6.07) is 19.8. The van der Waals surface area contributed by atoms with Gasteiger partial charge in [-0.3, -0.25) is 0 Å². The van der Waals surface area contributed by atoms with Gasteiger partial charge >= 0.3 is 0 Å². The van der Waals surface area contributed by atoms with E-state index in [1.165, 1.54) is 0 Å². The lowest BCUT2D eigenvalue weighted by Crippen LogP contribution is -2.09. The number of rotatable bonds is 6. The zero-order chi connectivity index (χ0) is 15.1. The Morgan fingerprint density at radius 3 is 1.81 bits per heavy atom. The van der Waals surface area contributed by atoms with Gasteiger partial charge in [-0.15, -0.1) is 0 Å². The normalized spacial score (nSPS) is 11.1. The van der Waals surface area contributed by atoms with Crippen LogP contribution in [0, 0.1) is 0 Å². The minimum atomic E-state index is -3.02. The molecule has 0 spiro atoms. The standard InChI is InChI=1S/C18H20O2S/c1-2-14-21(19,20)15-13-18(16-9-5-3-6-10-16)17-11-7-4-8-12-17/h3-13H,2,14-15H2,1H3. The molecule has 0 radical (unpaired) electrons. The molecule has 110 valence electrons. The van der Waals surface area contributed by atoms with E-state index in [0.29, 0.717) is 6.42 Å². The van der Waals surface area contributed by atoms with Crippen LogP contribution < -0.4 is 0 Å². The van der Waals surface area contributed by atoms with Gasteiger partial charge in [-0.1, -0.05) is 73.7 Å². The van der Waals surface area contributed by atoms with Crippen molar-refractivity contribution in [2.24, 2.45) is 0 Å². The summed E-state index contributed by atoms with van der Waals surface area (Å²) in [5.74, 6) is 0.320. The molecule has 0 N–H and O–H groups in total. The van der Waals surface area contributed by atoms with E-state index in [9.17, 15) is 8.42 Å². The molecule has 0 saturated carbocycles. The molecule has 0 aliphatic heterocycles. The number of hydrogen-bond donors (Lipinski definition) is 0. The summed E-state index contributed by atoms with van der Waals surface area (Å²) < 4.78 is 23.9. The molecule has 0 fully saturated rings. The van der Waals surface area contributed by atoms with Gasteiger partial charge in [-0.25, -0.2) is 8.42 Å². The predicted octanol–water partition coefficient (Wildman–Crippen LogP) is 3.94. The third-order valence-corrected chi connectivity index (χ3v) is 4.93. The quantitative estimate of drug-likeness (QED) is 0.809. The first-order chi connectivity index (χ1) is 10.1. The van der Waals surface area contributed by atoms with E-state index in [2.05, 4.69) is 0 Å². The fourth-order valence-electron chi connectivity index (χ4n) is 2.24. The van der Waals surface area contributed by atoms with Gasteiger partial charge in [0.05, 0.1) is 11.5 Å². The van der Waals surface area contributed by atoms with Crippen LogP contribution in [-0.4, -0.2) is 19.9 Å². The van der Waals surface area contributed by atoms with Crippen LogP contribution in [0.5, 0.6) is 0 Å². The Kier molecular flexibility index (Phi) is 5.34. The minimum Gasteiger partial charge on any atom is -0.229 e. The minimum absolute atomic E-state index is 0.0833. The summed E-state index contributed by atoms with van der Waals surface area (Å²) in [4.78, 5) is 0. The second-order valence-corrected chi connectivity index (χ2v) is 7.19. The first-order valence-corrected chi connectivity index (χ1v) is 8.96. The SMILES string of the molecule is CCCS(=O)(=O)CC=C(c1ccccc1)c1ccccc1. The van der Waals surface area contributed by atoms with Gasteiger partial charge in [0.15, 0.2) is 9.84 Å². The lowest BCUT2D eigenvalue weighted by molar-refractivity contribution is 0.597. The van der Waals surface area contributed by atoms with Crippen LogP contribution in [0.25, 0.3) is 5.57 Å². The van der Waals surface area contributed by atoms with E-state index < -0.39 is 9.84 Å². The molecule has 0 unspecified atom stereocenters. The second-order valence-electron chi connectivity index (χ2n) is 4.96. The third kappa shape index (κ3) is 4.57. The van der Waals surface area contributed by atoms with Gasteiger partial charge in [0.25, 0.3) is 0 Å². The number of sulfone groups is 1. The van der Waals surface area contributed by atoms with Crippen LogP contribution in [0.4, 0.5) is 0 Å². The summed E-state index contributed by atoms with van der Waals surface area (Å²) >= 11 is 0. The van der Waals surface area contributed by atoms with Crippen molar-refractivity contribution in [3.63, 3.8) is 0 Å². The molecule has 3 heteroatoms. The fourth-order valence-corrected chi connectivity index (χ4v) is 3.45. The Morgan fingerprint density at radius 1 is 0.905 bits per heavy atom. The average molecular weight is 300 g/mol. The summed E-state index contributed by atoms with van der Waals surface area (Å²) in [5.41, 5.74) is 3.04. The van der Waals surface area contributed by atoms with E-state index in [1.54, 1.807) is 0 Å². The van der Waals surface area contributed by atoms with Gasteiger partial charge in [-0.2, -0.15) is 0 Å². The fraction of sp³-hybridized carbons (Fsp3) is 0.222. The number of hydrogen-bond acceptors (Lipinski definition) is 2. The lowest BCUT2D eigenvalue weighted by atomic mass is 9.98. The molecular formula is C18H20O2S. The van der Waals surface area contributed by atoms with Gasteiger partial charge in [-0.05, 0) is 23.1 Å². The number of benzene rings is 2. The molecule has 2 rings (SSSR count). The molecule has 0 atom stereocenters. The molecule has 0 aromatic heterocycles. The monoisotopic (exact) mass is 300 g/mol. The van der Waals surface area contributed by atoms with Crippen molar-refractivity contribution in [2.45, 2.75) is 13.3 Å². The molecule has 0 aliphatic carbocycles. The molecule has 0 bridgehead atoms. The van der Waals surface area contributed by atoms with Crippen molar-refractivity contribution in [3.05, 3.63) is 77.9 Å². The zero-order valence-electron chi connectivity index (χ0n) is 12.2. The molecule has 2 nitrogen and oxygen atoms in total. The lowest BCUT2D eigenvalue weighted by Gasteiger charge is -2.09. The summed E-state index contributed by atoms with van der Waals surface area (Å²) in [5, 5.41) is 0. The van der Waals surface area contributed by atoms with E-state index in [1.807, 2.05) is 73.7 Å². The molecule has 0 heterocycles. The molecule has 0 aliphatic rings. The Morgan fingerprint density at radius 2 is 1.38 bits per heavy atom. The van der Waals surface area contributed by atoms with Crippen LogP contribution >= 0.6 is 0 Å². The summed E-state index contributed by atoms with van der Waals surface area (Å²) in [6.45, 7) is 1.89. The first kappa shape index (κ1) is 15.5. The second kappa shape index (κ2) is 7.23. The largest absolute Gasteiger partial charge is 0.229 e. The molecule has 0 saturated heterocycles. The van der Waals surface area contributed by atoms with Crippen LogP contribution in [-0.2, 0) is 9.84 Å². The summed E-state index contributed by atoms with van der Waals surface area (Å²) in [7, 11) is -3.02. The van der Waals surface area contributed by atoms with E-state index >= 15 is 0 Å². The first-order valence-electron chi connectivity index (χ1n) is 7.14. The highest BCUT2D eigenvalue weighted by Gasteiger charge is 2.10. The molecule has 2 aromatic rings. The molecule has 21 heavy (non-hydrogen) atoms. The van der Waals surface area contributed by atoms with Crippen LogP contribution in [0.15, 0.2) is 66.7 Å². The maximum Gasteiger partial charge on any atom is 0.153 e. The Balaban J connectivity index is 2.38. The topological polar surface area (TPSA) is 34.1 Å². The van der Waals surface area contributed by atoms with Crippen LogP contribution in [0.2, 0.25) is 0 Å². The van der Waals surface area contributed by atoms with Crippen molar-refractivity contribution in [1.29, 1.82) is 0 Å². The van der Waals surface area contributed by atoms with Crippen molar-refractivity contribution >= 4 is 15.4 Å². The van der Waals surface area contributed by atoms with E-state index in [0.717, 1.165) is 16.7 Å². The van der Waals surface area contributed by atoms with Crippen LogP contribution in [0.3, 0.4) is 0 Å². The molecular weight excluding hydrogens is 280 g/mol. The molecule has 0 amide bonds. The van der Waals surface area contributed by atoms with E-state index in [4.69, 9.17) is 0 Å². The maximum atomic E-state index is 12.0.